The molecule has 0 bridgehead atoms. The van der Waals surface area contributed by atoms with Gasteiger partial charge in [0.05, 0.1) is 17.0 Å². The number of carbonyl (C=O) groups excluding carboxylic acids is 1. The summed E-state index contributed by atoms with van der Waals surface area (Å²) in [5.41, 5.74) is 2.59. The van der Waals surface area contributed by atoms with Crippen LogP contribution in [-0.2, 0) is 6.42 Å². The first kappa shape index (κ1) is 22.8. The zero-order chi connectivity index (χ0) is 23.5. The van der Waals surface area contributed by atoms with Gasteiger partial charge in [0, 0.05) is 6.54 Å². The molecule has 0 saturated carbocycles. The van der Waals surface area contributed by atoms with Gasteiger partial charge in [0.1, 0.15) is 17.9 Å². The van der Waals surface area contributed by atoms with Gasteiger partial charge >= 0.3 is 0 Å². The van der Waals surface area contributed by atoms with Crippen LogP contribution in [-0.4, -0.2) is 49.5 Å². The van der Waals surface area contributed by atoms with Crippen molar-refractivity contribution in [3.8, 4) is 5.75 Å². The number of fused-ring (bicyclic) bond motifs is 2. The van der Waals surface area contributed by atoms with Crippen LogP contribution in [0.2, 0.25) is 0 Å². The summed E-state index contributed by atoms with van der Waals surface area (Å²) in [7, 11) is 4.00. The maximum Gasteiger partial charge on any atom is 0.290 e. The molecule has 2 heterocycles. The van der Waals surface area contributed by atoms with Gasteiger partial charge in [-0.3, -0.25) is 9.59 Å². The molecule has 0 radical (unpaired) electrons. The molecule has 33 heavy (non-hydrogen) atoms. The van der Waals surface area contributed by atoms with Crippen molar-refractivity contribution >= 4 is 16.9 Å². The molecular weight excluding hydrogens is 416 g/mol. The lowest BCUT2D eigenvalue weighted by molar-refractivity contribution is 0.0722. The lowest BCUT2D eigenvalue weighted by Gasteiger charge is -2.26. The second kappa shape index (κ2) is 9.63. The summed E-state index contributed by atoms with van der Waals surface area (Å²) in [6.45, 7) is 7.46. The minimum atomic E-state index is -0.520. The molecular formula is C27H30N2O4. The van der Waals surface area contributed by atoms with Crippen LogP contribution in [0.5, 0.6) is 5.75 Å². The minimum absolute atomic E-state index is 0.143. The van der Waals surface area contributed by atoms with Gasteiger partial charge in [0.2, 0.25) is 5.76 Å². The molecule has 6 heteroatoms. The maximum absolute atomic E-state index is 13.7. The highest BCUT2D eigenvalue weighted by Gasteiger charge is 2.42. The Morgan fingerprint density at radius 1 is 1.18 bits per heavy atom. The van der Waals surface area contributed by atoms with E-state index >= 15 is 0 Å². The van der Waals surface area contributed by atoms with E-state index in [9.17, 15) is 9.59 Å². The van der Waals surface area contributed by atoms with Crippen LogP contribution in [0.1, 0.15) is 46.6 Å². The molecule has 6 nitrogen and oxygen atoms in total. The van der Waals surface area contributed by atoms with Crippen LogP contribution >= 0.6 is 0 Å². The Bertz CT molecular complexity index is 1240. The summed E-state index contributed by atoms with van der Waals surface area (Å²) >= 11 is 0. The van der Waals surface area contributed by atoms with E-state index in [1.54, 1.807) is 17.0 Å². The third-order valence-electron chi connectivity index (χ3n) is 5.98. The van der Waals surface area contributed by atoms with E-state index < -0.39 is 6.04 Å². The van der Waals surface area contributed by atoms with Crippen molar-refractivity contribution in [1.29, 1.82) is 0 Å². The van der Waals surface area contributed by atoms with E-state index in [0.717, 1.165) is 30.5 Å². The summed E-state index contributed by atoms with van der Waals surface area (Å²) in [5.74, 6) is 0.564. The number of ether oxygens (including phenoxy) is 1. The number of hydrogen-bond acceptors (Lipinski definition) is 5. The normalized spacial score (nSPS) is 15.3. The SMILES string of the molecule is C=CCOc1cccc(C2c3c(oc4ccc(CC)cc4c3=O)C(=O)N2CCCN(C)C)c1. The zero-order valence-electron chi connectivity index (χ0n) is 19.5. The molecule has 0 N–H and O–H groups in total. The van der Waals surface area contributed by atoms with Gasteiger partial charge in [-0.15, -0.1) is 0 Å². The van der Waals surface area contributed by atoms with Gasteiger partial charge in [0.15, 0.2) is 5.43 Å². The van der Waals surface area contributed by atoms with Gasteiger partial charge in [-0.1, -0.05) is 37.8 Å². The smallest absolute Gasteiger partial charge is 0.290 e. The lowest BCUT2D eigenvalue weighted by Crippen LogP contribution is -2.32. The summed E-state index contributed by atoms with van der Waals surface area (Å²) in [5, 5.41) is 0.514. The highest BCUT2D eigenvalue weighted by molar-refractivity contribution is 5.99. The third-order valence-corrected chi connectivity index (χ3v) is 5.98. The maximum atomic E-state index is 13.7. The molecule has 0 spiro atoms. The van der Waals surface area contributed by atoms with Crippen LogP contribution in [0, 0.1) is 0 Å². The first-order chi connectivity index (χ1) is 15.9. The molecule has 1 aliphatic rings. The molecule has 1 aliphatic heterocycles. The summed E-state index contributed by atoms with van der Waals surface area (Å²) in [4.78, 5) is 31.0. The van der Waals surface area contributed by atoms with Crippen LogP contribution in [0.3, 0.4) is 0 Å². The Hall–Kier alpha value is -3.38. The van der Waals surface area contributed by atoms with Crippen molar-refractivity contribution in [2.75, 3.05) is 33.8 Å². The Balaban J connectivity index is 1.86. The van der Waals surface area contributed by atoms with Crippen molar-refractivity contribution in [2.24, 2.45) is 0 Å². The molecule has 1 unspecified atom stereocenters. The lowest BCUT2D eigenvalue weighted by atomic mass is 9.97. The van der Waals surface area contributed by atoms with E-state index in [2.05, 4.69) is 11.5 Å². The van der Waals surface area contributed by atoms with Crippen molar-refractivity contribution in [1.82, 2.24) is 9.80 Å². The standard InChI is InChI=1S/C27H30N2O4/c1-5-15-32-20-10-7-9-19(17-20)24-23-25(30)21-16-18(6-2)11-12-22(21)33-26(23)27(31)29(24)14-8-13-28(3)4/h5,7,9-12,16-17,24H,1,6,8,13-15H2,2-4H3. The number of rotatable bonds is 9. The van der Waals surface area contributed by atoms with E-state index in [-0.39, 0.29) is 17.1 Å². The van der Waals surface area contributed by atoms with E-state index in [1.165, 1.54) is 0 Å². The summed E-state index contributed by atoms with van der Waals surface area (Å²) < 4.78 is 11.8. The van der Waals surface area contributed by atoms with E-state index in [4.69, 9.17) is 9.15 Å². The summed E-state index contributed by atoms with van der Waals surface area (Å²) in [6.07, 6.45) is 3.28. The van der Waals surface area contributed by atoms with E-state index in [0.29, 0.717) is 35.4 Å². The molecule has 1 atom stereocenters. The molecule has 0 fully saturated rings. The number of carbonyl (C=O) groups is 1. The second-order valence-corrected chi connectivity index (χ2v) is 8.59. The van der Waals surface area contributed by atoms with Gasteiger partial charge < -0.3 is 19.0 Å². The predicted octanol–water partition coefficient (Wildman–Crippen LogP) is 4.42. The quantitative estimate of drug-likeness (QED) is 0.456. The largest absolute Gasteiger partial charge is 0.490 e. The van der Waals surface area contributed by atoms with E-state index in [1.807, 2.05) is 57.4 Å². The fourth-order valence-electron chi connectivity index (χ4n) is 4.35. The van der Waals surface area contributed by atoms with Crippen LogP contribution in [0.15, 0.2) is 64.3 Å². The van der Waals surface area contributed by atoms with Gasteiger partial charge in [0.25, 0.3) is 5.91 Å². The van der Waals surface area contributed by atoms with Crippen molar-refractivity contribution in [2.45, 2.75) is 25.8 Å². The predicted molar refractivity (Wildman–Crippen MR) is 130 cm³/mol. The van der Waals surface area contributed by atoms with Crippen LogP contribution in [0.25, 0.3) is 11.0 Å². The molecule has 4 rings (SSSR count). The Kier molecular flexibility index (Phi) is 6.65. The Labute approximate surface area is 194 Å². The van der Waals surface area contributed by atoms with Gasteiger partial charge in [-0.2, -0.15) is 0 Å². The molecule has 0 aliphatic carbocycles. The Morgan fingerprint density at radius 3 is 2.73 bits per heavy atom. The van der Waals surface area contributed by atoms with Gasteiger partial charge in [-0.25, -0.2) is 0 Å². The topological polar surface area (TPSA) is 63.0 Å². The fraction of sp³-hybridized carbons (Fsp3) is 0.333. The number of aryl methyl sites for hydroxylation is 1. The molecule has 1 amide bonds. The molecule has 0 saturated heterocycles. The molecule has 3 aromatic rings. The fourth-order valence-corrected chi connectivity index (χ4v) is 4.35. The number of benzene rings is 2. The minimum Gasteiger partial charge on any atom is -0.490 e. The average molecular weight is 447 g/mol. The highest BCUT2D eigenvalue weighted by atomic mass is 16.5. The summed E-state index contributed by atoms with van der Waals surface area (Å²) in [6, 6.07) is 12.6. The number of nitrogens with zero attached hydrogens (tertiary/aromatic N) is 2. The van der Waals surface area contributed by atoms with Crippen LogP contribution < -0.4 is 10.2 Å². The first-order valence-corrected chi connectivity index (χ1v) is 11.3. The molecule has 172 valence electrons. The number of hydrogen-bond donors (Lipinski definition) is 0. The van der Waals surface area contributed by atoms with Crippen molar-refractivity contribution in [3.63, 3.8) is 0 Å². The number of amides is 1. The first-order valence-electron chi connectivity index (χ1n) is 11.3. The monoisotopic (exact) mass is 446 g/mol. The zero-order valence-corrected chi connectivity index (χ0v) is 19.5. The van der Waals surface area contributed by atoms with Crippen molar-refractivity contribution < 1.29 is 13.9 Å². The Morgan fingerprint density at radius 2 is 2.00 bits per heavy atom. The second-order valence-electron chi connectivity index (χ2n) is 8.59. The average Bonchev–Trinajstić information content (AvgIpc) is 3.09. The third kappa shape index (κ3) is 4.44. The molecule has 2 aromatic carbocycles. The van der Waals surface area contributed by atoms with Gasteiger partial charge in [-0.05, 0) is 68.9 Å². The molecule has 1 aromatic heterocycles. The highest BCUT2D eigenvalue weighted by Crippen LogP contribution is 2.39. The van der Waals surface area contributed by atoms with Crippen LogP contribution in [0.4, 0.5) is 0 Å². The van der Waals surface area contributed by atoms with Crippen molar-refractivity contribution in [3.05, 3.63) is 87.8 Å².